The van der Waals surface area contributed by atoms with Gasteiger partial charge in [0.15, 0.2) is 0 Å². The Morgan fingerprint density at radius 3 is 0.768 bits per heavy atom. The van der Waals surface area contributed by atoms with Crippen LogP contribution in [-0.4, -0.2) is 73.4 Å². The van der Waals surface area contributed by atoms with E-state index in [0.717, 1.165) is 31.2 Å². The monoisotopic (exact) mass is 941 g/mol. The van der Waals surface area contributed by atoms with E-state index in [2.05, 4.69) is 102 Å². The number of quaternary nitrogens is 2. The third-order valence-corrected chi connectivity index (χ3v) is 12.1. The molecule has 6 aromatic carbocycles. The van der Waals surface area contributed by atoms with Crippen LogP contribution >= 0.6 is 0 Å². The molecule has 0 saturated carbocycles. The van der Waals surface area contributed by atoms with Crippen molar-refractivity contribution in [3.63, 3.8) is 0 Å². The lowest BCUT2D eigenvalue weighted by molar-refractivity contribution is -0.167. The number of carbonyl (C=O) groups is 4. The molecule has 0 heterocycles. The molecule has 0 aliphatic heterocycles. The third kappa shape index (κ3) is 17.1. The van der Waals surface area contributed by atoms with Gasteiger partial charge in [0.25, 0.3) is 0 Å². The topological polar surface area (TPSA) is 134 Å². The Bertz CT molecular complexity index is 2170. The maximum Gasteiger partial charge on any atom is 0.444 e. The van der Waals surface area contributed by atoms with Crippen LogP contribution in [0.5, 0.6) is 0 Å². The molecule has 0 bridgehead atoms. The van der Waals surface area contributed by atoms with Crippen molar-refractivity contribution in [3.05, 3.63) is 180 Å². The van der Waals surface area contributed by atoms with E-state index in [-0.39, 0.29) is 0 Å². The van der Waals surface area contributed by atoms with Gasteiger partial charge < -0.3 is 19.9 Å². The number of hydrogen-bond acceptors (Lipinski definition) is 8. The third-order valence-electron chi connectivity index (χ3n) is 12.1. The van der Waals surface area contributed by atoms with Gasteiger partial charge in [-0.05, 0) is 142 Å². The molecule has 69 heavy (non-hydrogen) atoms. The largest absolute Gasteiger partial charge is 0.481 e. The Morgan fingerprint density at radius 1 is 0.377 bits per heavy atom. The number of carboxylic acids is 2. The van der Waals surface area contributed by atoms with E-state index < -0.39 is 30.3 Å². The van der Waals surface area contributed by atoms with Crippen LogP contribution < -0.4 is 19.1 Å². The fraction of sp³-hybridized carbons (Fsp3) is 0.298. The van der Waals surface area contributed by atoms with Crippen LogP contribution in [0.4, 0.5) is 34.1 Å². The number of rotatable bonds is 16. The van der Waals surface area contributed by atoms with Crippen LogP contribution in [0.1, 0.15) is 70.2 Å². The van der Waals surface area contributed by atoms with Crippen LogP contribution in [0.25, 0.3) is 0 Å². The van der Waals surface area contributed by atoms with Crippen molar-refractivity contribution < 1.29 is 39.1 Å². The summed E-state index contributed by atoms with van der Waals surface area (Å²) in [5.41, 5.74) is 9.49. The van der Waals surface area contributed by atoms with Gasteiger partial charge in [0, 0.05) is 0 Å². The van der Waals surface area contributed by atoms with Crippen molar-refractivity contribution in [1.82, 2.24) is 8.97 Å². The minimum atomic E-state index is -1.31. The zero-order chi connectivity index (χ0) is 51.0. The van der Waals surface area contributed by atoms with Crippen LogP contribution in [0.2, 0.25) is 0 Å². The Hall–Kier alpha value is -7.28. The fourth-order valence-corrected chi connectivity index (χ4v) is 7.52. The maximum absolute atomic E-state index is 13.0. The van der Waals surface area contributed by atoms with E-state index in [1.54, 1.807) is 0 Å². The van der Waals surface area contributed by atoms with Crippen LogP contribution in [0, 0.1) is 27.7 Å². The minimum absolute atomic E-state index is 0.597. The maximum atomic E-state index is 13.0. The number of aliphatic carboxylic acids is 2. The number of benzene rings is 6. The SMILES string of the molecule is CC[N+](CC)(CC)c1ccccc1.CC[N+](CC)(CC)c1ccccc1.Cc1ccc(N(OC(=O)C(=O)ON(c2ccc(C)cc2)c2ccc(C)cc2)c2ccc(C)cc2)cc1.O=C(O)CC(=O)O. The smallest absolute Gasteiger partial charge is 0.444 e. The Labute approximate surface area is 409 Å². The highest BCUT2D eigenvalue weighted by Gasteiger charge is 2.28. The van der Waals surface area contributed by atoms with E-state index in [1.165, 1.54) is 60.8 Å². The molecule has 0 atom stereocenters. The first kappa shape index (κ1) is 56.0. The van der Waals surface area contributed by atoms with Crippen LogP contribution in [0.15, 0.2) is 158 Å². The van der Waals surface area contributed by atoms with Gasteiger partial charge in [-0.1, -0.05) is 107 Å². The molecule has 0 unspecified atom stereocenters. The summed E-state index contributed by atoms with van der Waals surface area (Å²) in [7, 11) is 0. The lowest BCUT2D eigenvalue weighted by Gasteiger charge is -2.35. The average Bonchev–Trinajstić information content (AvgIpc) is 3.36. The number of aryl methyl sites for hydroxylation is 4. The molecule has 0 spiro atoms. The second kappa shape index (κ2) is 28.1. The predicted molar refractivity (Wildman–Crippen MR) is 281 cm³/mol. The van der Waals surface area contributed by atoms with Crippen molar-refractivity contribution in [1.29, 1.82) is 0 Å². The molecule has 0 aliphatic rings. The molecule has 12 nitrogen and oxygen atoms in total. The van der Waals surface area contributed by atoms with E-state index in [0.29, 0.717) is 22.7 Å². The summed E-state index contributed by atoms with van der Waals surface area (Å²) >= 11 is 0. The predicted octanol–water partition coefficient (Wildman–Crippen LogP) is 12.5. The van der Waals surface area contributed by atoms with Crippen LogP contribution in [-0.2, 0) is 28.9 Å². The number of hydrogen-bond donors (Lipinski definition) is 2. The lowest BCUT2D eigenvalue weighted by Crippen LogP contribution is -2.48. The van der Waals surface area contributed by atoms with E-state index in [9.17, 15) is 19.2 Å². The first-order valence-corrected chi connectivity index (χ1v) is 23.6. The number of carboxylic acid groups (broad SMARTS) is 2. The number of anilines is 4. The quantitative estimate of drug-likeness (QED) is 0.0418. The van der Waals surface area contributed by atoms with Crippen molar-refractivity contribution >= 4 is 58.0 Å². The zero-order valence-corrected chi connectivity index (χ0v) is 42.1. The lowest BCUT2D eigenvalue weighted by atomic mass is 10.2. The summed E-state index contributed by atoms with van der Waals surface area (Å²) in [6.45, 7) is 28.5. The zero-order valence-electron chi connectivity index (χ0n) is 42.1. The van der Waals surface area contributed by atoms with E-state index in [4.69, 9.17) is 19.9 Å². The van der Waals surface area contributed by atoms with E-state index >= 15 is 0 Å². The molecule has 366 valence electrons. The van der Waals surface area contributed by atoms with Gasteiger partial charge in [-0.25, -0.2) is 9.59 Å². The molecular weight excluding hydrogens is 869 g/mol. The summed E-state index contributed by atoms with van der Waals surface area (Å²) in [6, 6.07) is 51.4. The van der Waals surface area contributed by atoms with E-state index in [1.807, 2.05) is 125 Å². The molecule has 0 fully saturated rings. The van der Waals surface area contributed by atoms with Gasteiger partial charge in [-0.2, -0.15) is 10.1 Å². The summed E-state index contributed by atoms with van der Waals surface area (Å²) in [5.74, 6) is -4.93. The van der Waals surface area contributed by atoms with Crippen LogP contribution in [0.3, 0.4) is 0 Å². The fourth-order valence-electron chi connectivity index (χ4n) is 7.52. The molecular formula is C57H72N4O8+2. The highest BCUT2D eigenvalue weighted by Crippen LogP contribution is 2.29. The molecule has 2 N–H and O–H groups in total. The summed E-state index contributed by atoms with van der Waals surface area (Å²) < 4.78 is 2.20. The Morgan fingerprint density at radius 2 is 0.594 bits per heavy atom. The Balaban J connectivity index is 0.000000309. The van der Waals surface area contributed by atoms with Gasteiger partial charge in [-0.15, -0.1) is 0 Å². The number of nitrogens with zero attached hydrogens (tertiary/aromatic N) is 4. The second-order valence-electron chi connectivity index (χ2n) is 16.5. The summed E-state index contributed by atoms with van der Waals surface area (Å²) in [6.07, 6.45) is -0.806. The Kier molecular flexibility index (Phi) is 22.9. The molecule has 0 amide bonds. The molecule has 12 heteroatoms. The average molecular weight is 941 g/mol. The van der Waals surface area contributed by atoms with Gasteiger partial charge in [0.1, 0.15) is 17.8 Å². The highest BCUT2D eigenvalue weighted by atomic mass is 16.8. The van der Waals surface area contributed by atoms with Crippen molar-refractivity contribution in [2.24, 2.45) is 0 Å². The summed E-state index contributed by atoms with van der Waals surface area (Å²) in [5, 5.41) is 18.1. The van der Waals surface area contributed by atoms with Crippen molar-refractivity contribution in [3.8, 4) is 0 Å². The molecule has 0 aromatic heterocycles. The van der Waals surface area contributed by atoms with Crippen molar-refractivity contribution in [2.45, 2.75) is 75.7 Å². The van der Waals surface area contributed by atoms with Gasteiger partial charge >= 0.3 is 23.9 Å². The van der Waals surface area contributed by atoms with Gasteiger partial charge in [-0.3, -0.25) is 18.6 Å². The molecule has 6 rings (SSSR count). The highest BCUT2D eigenvalue weighted by molar-refractivity contribution is 6.30. The number of carbonyl (C=O) groups excluding carboxylic acids is 2. The van der Waals surface area contributed by atoms with Gasteiger partial charge in [0.2, 0.25) is 0 Å². The first-order chi connectivity index (χ1) is 33.0. The molecule has 0 radical (unpaired) electrons. The van der Waals surface area contributed by atoms with Crippen molar-refractivity contribution in [2.75, 3.05) is 49.4 Å². The molecule has 0 saturated heterocycles. The first-order valence-electron chi connectivity index (χ1n) is 23.6. The second-order valence-corrected chi connectivity index (χ2v) is 16.5. The number of para-hydroxylation sites is 2. The minimum Gasteiger partial charge on any atom is -0.481 e. The molecule has 0 aliphatic carbocycles. The molecule has 6 aromatic rings. The normalized spacial score (nSPS) is 10.6. The standard InChI is InChI=1S/C30H28N2O4.2C12H20N.C3H4O4/c1-21-5-13-25(14-6-21)31(26-15-7-22(2)8-16-26)35-29(33)30(34)36-32(27-17-9-23(3)10-18-27)28-19-11-24(4)12-20-28;2*1-4-13(5-2,6-3)12-10-8-7-9-11-12;4-2(5)1-3(6)7/h5-20H,1-4H3;2*7-11H,4-6H2,1-3H3;1H2,(H,4,5)(H,6,7)/q;2*+1;. The summed E-state index contributed by atoms with van der Waals surface area (Å²) in [4.78, 5) is 55.9. The van der Waals surface area contributed by atoms with Gasteiger partial charge in [0.05, 0.1) is 62.0 Å².